The number of thiol groups is 1. The van der Waals surface area contributed by atoms with Gasteiger partial charge in [-0.1, -0.05) is 13.8 Å². The molecule has 90 valence electrons. The van der Waals surface area contributed by atoms with E-state index in [-0.39, 0.29) is 0 Å². The Balaban J connectivity index is 2.42. The molecule has 0 aliphatic carbocycles. The van der Waals surface area contributed by atoms with Gasteiger partial charge < -0.3 is 4.74 Å². The lowest BCUT2D eigenvalue weighted by molar-refractivity contribution is -0.0720. The Labute approximate surface area is 99.8 Å². The molecule has 1 aliphatic heterocycles. The second-order valence-electron chi connectivity index (χ2n) is 5.16. The predicted octanol–water partition coefficient (Wildman–Crippen LogP) is 2.30. The van der Waals surface area contributed by atoms with E-state index in [2.05, 4.69) is 45.2 Å². The van der Waals surface area contributed by atoms with Crippen molar-refractivity contribution in [3.8, 4) is 0 Å². The molecule has 1 saturated heterocycles. The Bertz CT molecular complexity index is 176. The second-order valence-corrected chi connectivity index (χ2v) is 5.53. The molecule has 0 spiro atoms. The molecule has 0 aromatic rings. The van der Waals surface area contributed by atoms with Crippen LogP contribution in [0.15, 0.2) is 0 Å². The van der Waals surface area contributed by atoms with Gasteiger partial charge in [0.25, 0.3) is 0 Å². The summed E-state index contributed by atoms with van der Waals surface area (Å²) in [4.78, 5) is 2.53. The smallest absolute Gasteiger partial charge is 0.0678 e. The normalized spacial score (nSPS) is 30.8. The zero-order valence-electron chi connectivity index (χ0n) is 10.4. The first-order valence-electron chi connectivity index (χ1n) is 6.01. The maximum Gasteiger partial charge on any atom is 0.0678 e. The van der Waals surface area contributed by atoms with Gasteiger partial charge >= 0.3 is 0 Å². The van der Waals surface area contributed by atoms with Crippen LogP contribution in [0.4, 0.5) is 0 Å². The fourth-order valence-electron chi connectivity index (χ4n) is 2.24. The van der Waals surface area contributed by atoms with Gasteiger partial charge in [0.1, 0.15) is 0 Å². The maximum atomic E-state index is 5.73. The van der Waals surface area contributed by atoms with Crippen LogP contribution in [0.25, 0.3) is 0 Å². The first-order chi connectivity index (χ1) is 7.02. The van der Waals surface area contributed by atoms with Crippen LogP contribution >= 0.6 is 12.6 Å². The Morgan fingerprint density at radius 1 is 1.27 bits per heavy atom. The van der Waals surface area contributed by atoms with Crippen molar-refractivity contribution in [3.63, 3.8) is 0 Å². The molecule has 0 bridgehead atoms. The van der Waals surface area contributed by atoms with Gasteiger partial charge in [-0.15, -0.1) is 0 Å². The summed E-state index contributed by atoms with van der Waals surface area (Å²) in [5.74, 6) is 2.40. The van der Waals surface area contributed by atoms with E-state index in [1.807, 2.05) is 0 Å². The number of ether oxygens (including phenoxy) is 1. The van der Waals surface area contributed by atoms with Gasteiger partial charge in [0.15, 0.2) is 0 Å². The third kappa shape index (κ3) is 4.33. The molecule has 3 atom stereocenters. The molecular formula is C12H25NOS. The average molecular weight is 231 g/mol. The number of rotatable bonds is 4. The minimum Gasteiger partial charge on any atom is -0.373 e. The van der Waals surface area contributed by atoms with Gasteiger partial charge in [-0.2, -0.15) is 12.6 Å². The second kappa shape index (κ2) is 6.12. The Morgan fingerprint density at radius 3 is 2.20 bits per heavy atom. The van der Waals surface area contributed by atoms with Gasteiger partial charge in [0.05, 0.1) is 12.2 Å². The standard InChI is InChI=1S/C12H25NOS/c1-9(2)12(8-15)7-13-5-10(3)14-11(4)6-13/h9-12,15H,5-8H2,1-4H3/t10-,11+,12?. The Morgan fingerprint density at radius 2 is 1.80 bits per heavy atom. The summed E-state index contributed by atoms with van der Waals surface area (Å²) in [5.41, 5.74) is 0. The van der Waals surface area contributed by atoms with Crippen LogP contribution in [0.1, 0.15) is 27.7 Å². The highest BCUT2D eigenvalue weighted by atomic mass is 32.1. The molecule has 2 nitrogen and oxygen atoms in total. The maximum absolute atomic E-state index is 5.73. The molecular weight excluding hydrogens is 206 g/mol. The van der Waals surface area contributed by atoms with Crippen molar-refractivity contribution in [1.29, 1.82) is 0 Å². The van der Waals surface area contributed by atoms with E-state index in [0.29, 0.717) is 18.1 Å². The molecule has 0 N–H and O–H groups in total. The number of hydrogen-bond acceptors (Lipinski definition) is 3. The number of hydrogen-bond donors (Lipinski definition) is 1. The van der Waals surface area contributed by atoms with Gasteiger partial charge in [-0.05, 0) is 31.4 Å². The topological polar surface area (TPSA) is 12.5 Å². The van der Waals surface area contributed by atoms with Gasteiger partial charge in [0.2, 0.25) is 0 Å². The van der Waals surface area contributed by atoms with Gasteiger partial charge in [-0.3, -0.25) is 4.90 Å². The van der Waals surface area contributed by atoms with E-state index in [4.69, 9.17) is 4.74 Å². The molecule has 1 rings (SSSR count). The quantitative estimate of drug-likeness (QED) is 0.745. The van der Waals surface area contributed by atoms with Crippen LogP contribution in [0, 0.1) is 11.8 Å². The van der Waals surface area contributed by atoms with Crippen molar-refractivity contribution in [2.45, 2.75) is 39.9 Å². The van der Waals surface area contributed by atoms with Crippen LogP contribution in [-0.2, 0) is 4.74 Å². The summed E-state index contributed by atoms with van der Waals surface area (Å²) in [7, 11) is 0. The van der Waals surface area contributed by atoms with Crippen molar-refractivity contribution in [1.82, 2.24) is 4.90 Å². The fourth-order valence-corrected chi connectivity index (χ4v) is 2.78. The lowest BCUT2D eigenvalue weighted by atomic mass is 9.97. The number of nitrogens with zero attached hydrogens (tertiary/aromatic N) is 1. The van der Waals surface area contributed by atoms with Crippen LogP contribution in [0.5, 0.6) is 0 Å². The lowest BCUT2D eigenvalue weighted by Crippen LogP contribution is -2.47. The molecule has 1 fully saturated rings. The average Bonchev–Trinajstić information content (AvgIpc) is 2.12. The summed E-state index contributed by atoms with van der Waals surface area (Å²) >= 11 is 4.44. The Hall–Kier alpha value is 0.270. The summed E-state index contributed by atoms with van der Waals surface area (Å²) in [6.45, 7) is 12.2. The molecule has 0 aromatic carbocycles. The van der Waals surface area contributed by atoms with E-state index < -0.39 is 0 Å². The van der Waals surface area contributed by atoms with E-state index >= 15 is 0 Å². The summed E-state index contributed by atoms with van der Waals surface area (Å²) in [5, 5.41) is 0. The highest BCUT2D eigenvalue weighted by Gasteiger charge is 2.24. The largest absolute Gasteiger partial charge is 0.373 e. The SMILES string of the molecule is CC(C)C(CS)CN1C[C@@H](C)O[C@@H](C)C1. The van der Waals surface area contributed by atoms with E-state index in [1.165, 1.54) is 6.54 Å². The third-order valence-corrected chi connectivity index (χ3v) is 3.63. The highest BCUT2D eigenvalue weighted by Crippen LogP contribution is 2.18. The monoisotopic (exact) mass is 231 g/mol. The summed E-state index contributed by atoms with van der Waals surface area (Å²) in [6.07, 6.45) is 0.753. The van der Waals surface area contributed by atoms with Gasteiger partial charge in [0, 0.05) is 19.6 Å². The molecule has 0 aromatic heterocycles. The van der Waals surface area contributed by atoms with E-state index in [1.54, 1.807) is 0 Å². The van der Waals surface area contributed by atoms with E-state index in [9.17, 15) is 0 Å². The molecule has 3 heteroatoms. The van der Waals surface area contributed by atoms with Crippen LogP contribution in [0.3, 0.4) is 0 Å². The van der Waals surface area contributed by atoms with Crippen LogP contribution in [-0.4, -0.2) is 42.5 Å². The number of morpholine rings is 1. The summed E-state index contributed by atoms with van der Waals surface area (Å²) in [6, 6.07) is 0. The molecule has 1 unspecified atom stereocenters. The van der Waals surface area contributed by atoms with Crippen LogP contribution in [0.2, 0.25) is 0 Å². The Kier molecular flexibility index (Phi) is 5.44. The molecule has 1 aliphatic rings. The third-order valence-electron chi connectivity index (χ3n) is 3.17. The highest BCUT2D eigenvalue weighted by molar-refractivity contribution is 7.80. The first kappa shape index (κ1) is 13.3. The predicted molar refractivity (Wildman–Crippen MR) is 68.6 cm³/mol. The molecule has 15 heavy (non-hydrogen) atoms. The van der Waals surface area contributed by atoms with Crippen molar-refractivity contribution in [2.75, 3.05) is 25.4 Å². The summed E-state index contributed by atoms with van der Waals surface area (Å²) < 4.78 is 5.73. The van der Waals surface area contributed by atoms with Crippen molar-refractivity contribution in [3.05, 3.63) is 0 Å². The molecule has 0 saturated carbocycles. The van der Waals surface area contributed by atoms with Gasteiger partial charge in [-0.25, -0.2) is 0 Å². The minimum absolute atomic E-state index is 0.376. The van der Waals surface area contributed by atoms with Crippen LogP contribution < -0.4 is 0 Å². The van der Waals surface area contributed by atoms with Crippen molar-refractivity contribution < 1.29 is 4.74 Å². The molecule has 0 radical (unpaired) electrons. The van der Waals surface area contributed by atoms with Crippen molar-refractivity contribution in [2.24, 2.45) is 11.8 Å². The molecule has 1 heterocycles. The minimum atomic E-state index is 0.376. The van der Waals surface area contributed by atoms with Crippen molar-refractivity contribution >= 4 is 12.6 Å². The zero-order valence-corrected chi connectivity index (χ0v) is 11.3. The lowest BCUT2D eigenvalue weighted by Gasteiger charge is -2.37. The molecule has 0 amide bonds. The van der Waals surface area contributed by atoms with E-state index in [0.717, 1.165) is 24.8 Å². The zero-order chi connectivity index (χ0) is 11.4. The fraction of sp³-hybridized carbons (Fsp3) is 1.00. The first-order valence-corrected chi connectivity index (χ1v) is 6.64.